The van der Waals surface area contributed by atoms with Crippen molar-refractivity contribution in [1.29, 1.82) is 0 Å². The average molecular weight is 435 g/mol. The first kappa shape index (κ1) is 19.4. The van der Waals surface area contributed by atoms with Gasteiger partial charge in [0.05, 0.1) is 5.52 Å². The molecule has 0 atom stereocenters. The molecule has 0 unspecified atom stereocenters. The monoisotopic (exact) mass is 434 g/mol. The van der Waals surface area contributed by atoms with Crippen LogP contribution in [0.1, 0.15) is 30.3 Å². The number of aromatic nitrogens is 1. The summed E-state index contributed by atoms with van der Waals surface area (Å²) in [5, 5.41) is 3.60. The highest BCUT2D eigenvalue weighted by Gasteiger charge is 2.28. The number of nitrogens with zero attached hydrogens (tertiary/aromatic N) is 2. The fourth-order valence-electron chi connectivity index (χ4n) is 3.12. The van der Waals surface area contributed by atoms with Gasteiger partial charge in [0.15, 0.2) is 0 Å². The van der Waals surface area contributed by atoms with Crippen LogP contribution in [0.2, 0.25) is 0 Å². The maximum absolute atomic E-state index is 12.8. The zero-order chi connectivity index (χ0) is 19.4. The van der Waals surface area contributed by atoms with Crippen molar-refractivity contribution in [1.82, 2.24) is 20.1 Å². The summed E-state index contributed by atoms with van der Waals surface area (Å²) in [4.78, 5) is 43.2. The van der Waals surface area contributed by atoms with Crippen molar-refractivity contribution in [2.45, 2.75) is 19.8 Å². The van der Waals surface area contributed by atoms with Crippen molar-refractivity contribution in [2.75, 3.05) is 32.7 Å². The lowest BCUT2D eigenvalue weighted by Crippen LogP contribution is -2.54. The molecule has 27 heavy (non-hydrogen) atoms. The largest absolute Gasteiger partial charge is 0.350 e. The molecular formula is C19H23BrN4O3. The molecule has 8 heteroatoms. The van der Waals surface area contributed by atoms with Crippen LogP contribution in [0.3, 0.4) is 0 Å². The third kappa shape index (κ3) is 4.32. The number of benzene rings is 1. The molecule has 3 rings (SSSR count). The van der Waals surface area contributed by atoms with Crippen molar-refractivity contribution < 1.29 is 14.4 Å². The number of carbonyl (C=O) groups is 3. The van der Waals surface area contributed by atoms with E-state index in [0.717, 1.165) is 28.2 Å². The number of hydrogen-bond donors (Lipinski definition) is 2. The number of nitrogens with one attached hydrogen (secondary N) is 2. The summed E-state index contributed by atoms with van der Waals surface area (Å²) in [6, 6.07) is 7.62. The Balaban J connectivity index is 1.58. The van der Waals surface area contributed by atoms with Gasteiger partial charge in [-0.25, -0.2) is 0 Å². The molecule has 0 saturated carbocycles. The Kier molecular flexibility index (Phi) is 6.15. The summed E-state index contributed by atoms with van der Waals surface area (Å²) in [6.45, 7) is 4.06. The lowest BCUT2D eigenvalue weighted by molar-refractivity contribution is -0.146. The second kappa shape index (κ2) is 8.56. The van der Waals surface area contributed by atoms with Gasteiger partial charge in [0.2, 0.25) is 0 Å². The van der Waals surface area contributed by atoms with E-state index in [1.54, 1.807) is 4.90 Å². The van der Waals surface area contributed by atoms with Crippen LogP contribution in [0.25, 0.3) is 10.9 Å². The predicted octanol–water partition coefficient (Wildman–Crippen LogP) is 2.13. The molecule has 1 aromatic heterocycles. The Morgan fingerprint density at radius 1 is 1.15 bits per heavy atom. The standard InChI is InChI=1S/C19H23BrN4O3/c1-2-3-7-21-17(25)19(27)24-10-8-23(9-11-24)18(26)15-12-13-5-4-6-14(20)16(13)22-15/h4-6,12,22H,2-3,7-11H2,1H3,(H,21,25). The highest BCUT2D eigenvalue weighted by Crippen LogP contribution is 2.24. The van der Waals surface area contributed by atoms with Gasteiger partial charge in [-0.3, -0.25) is 14.4 Å². The first-order chi connectivity index (χ1) is 13.0. The molecule has 1 saturated heterocycles. The number of rotatable bonds is 4. The normalized spacial score (nSPS) is 14.4. The van der Waals surface area contributed by atoms with Crippen molar-refractivity contribution in [3.8, 4) is 0 Å². The fraction of sp³-hybridized carbons (Fsp3) is 0.421. The van der Waals surface area contributed by atoms with Gasteiger partial charge in [0, 0.05) is 42.6 Å². The van der Waals surface area contributed by atoms with Crippen molar-refractivity contribution in [3.63, 3.8) is 0 Å². The Hall–Kier alpha value is -2.35. The Morgan fingerprint density at radius 3 is 2.52 bits per heavy atom. The number of hydrogen-bond acceptors (Lipinski definition) is 3. The van der Waals surface area contributed by atoms with Crippen LogP contribution in [-0.4, -0.2) is 65.2 Å². The maximum Gasteiger partial charge on any atom is 0.312 e. The number of unbranched alkanes of at least 4 members (excludes halogenated alkanes) is 1. The van der Waals surface area contributed by atoms with E-state index in [1.807, 2.05) is 31.2 Å². The lowest BCUT2D eigenvalue weighted by atomic mass is 10.2. The first-order valence-electron chi connectivity index (χ1n) is 9.15. The van der Waals surface area contributed by atoms with Gasteiger partial charge in [-0.1, -0.05) is 25.5 Å². The summed E-state index contributed by atoms with van der Waals surface area (Å²) in [5.41, 5.74) is 1.41. The molecule has 0 radical (unpaired) electrons. The van der Waals surface area contributed by atoms with Crippen LogP contribution in [0.5, 0.6) is 0 Å². The molecule has 3 amide bonds. The van der Waals surface area contributed by atoms with Crippen LogP contribution in [0.15, 0.2) is 28.7 Å². The fourth-order valence-corrected chi connectivity index (χ4v) is 3.60. The molecular weight excluding hydrogens is 412 g/mol. The molecule has 0 bridgehead atoms. The summed E-state index contributed by atoms with van der Waals surface area (Å²) >= 11 is 3.48. The number of halogens is 1. The van der Waals surface area contributed by atoms with E-state index in [1.165, 1.54) is 4.90 Å². The van der Waals surface area contributed by atoms with E-state index in [9.17, 15) is 14.4 Å². The summed E-state index contributed by atoms with van der Waals surface area (Å²) in [7, 11) is 0. The van der Waals surface area contributed by atoms with Crippen LogP contribution < -0.4 is 5.32 Å². The summed E-state index contributed by atoms with van der Waals surface area (Å²) in [6.07, 6.45) is 1.81. The molecule has 1 aliphatic rings. The number of H-pyrrole nitrogens is 1. The van der Waals surface area contributed by atoms with Crippen molar-refractivity contribution in [2.24, 2.45) is 0 Å². The zero-order valence-electron chi connectivity index (χ0n) is 15.3. The molecule has 0 spiro atoms. The van der Waals surface area contributed by atoms with Gasteiger partial charge >= 0.3 is 11.8 Å². The van der Waals surface area contributed by atoms with Gasteiger partial charge in [0.1, 0.15) is 5.69 Å². The Labute approximate surface area is 166 Å². The highest BCUT2D eigenvalue weighted by molar-refractivity contribution is 9.10. The van der Waals surface area contributed by atoms with Crippen LogP contribution in [0, 0.1) is 0 Å². The van der Waals surface area contributed by atoms with E-state index in [0.29, 0.717) is 38.4 Å². The average Bonchev–Trinajstić information content (AvgIpc) is 3.13. The Morgan fingerprint density at radius 2 is 1.85 bits per heavy atom. The molecule has 2 aromatic rings. The summed E-state index contributed by atoms with van der Waals surface area (Å²) < 4.78 is 0.906. The van der Waals surface area contributed by atoms with E-state index >= 15 is 0 Å². The van der Waals surface area contributed by atoms with Gasteiger partial charge in [-0.05, 0) is 34.5 Å². The molecule has 7 nitrogen and oxygen atoms in total. The van der Waals surface area contributed by atoms with Gasteiger partial charge in [-0.15, -0.1) is 0 Å². The zero-order valence-corrected chi connectivity index (χ0v) is 16.8. The Bertz CT molecular complexity index is 856. The third-order valence-corrected chi connectivity index (χ3v) is 5.36. The molecule has 1 aromatic carbocycles. The topological polar surface area (TPSA) is 85.5 Å². The van der Waals surface area contributed by atoms with Gasteiger partial charge in [-0.2, -0.15) is 0 Å². The summed E-state index contributed by atoms with van der Waals surface area (Å²) in [5.74, 6) is -1.19. The maximum atomic E-state index is 12.8. The second-order valence-corrected chi connectivity index (χ2v) is 7.44. The van der Waals surface area contributed by atoms with Gasteiger partial charge in [0.25, 0.3) is 5.91 Å². The van der Waals surface area contributed by atoms with E-state index in [2.05, 4.69) is 26.2 Å². The molecule has 144 valence electrons. The number of aromatic amines is 1. The highest BCUT2D eigenvalue weighted by atomic mass is 79.9. The number of piperazine rings is 1. The van der Waals surface area contributed by atoms with Crippen molar-refractivity contribution >= 4 is 44.6 Å². The number of fused-ring (bicyclic) bond motifs is 1. The quantitative estimate of drug-likeness (QED) is 0.570. The predicted molar refractivity (Wildman–Crippen MR) is 106 cm³/mol. The van der Waals surface area contributed by atoms with Crippen LogP contribution in [-0.2, 0) is 9.59 Å². The smallest absolute Gasteiger partial charge is 0.312 e. The first-order valence-corrected chi connectivity index (χ1v) is 9.94. The third-order valence-electron chi connectivity index (χ3n) is 4.70. The minimum absolute atomic E-state index is 0.0994. The van der Waals surface area contributed by atoms with E-state index in [-0.39, 0.29) is 5.91 Å². The SMILES string of the molecule is CCCCNC(=O)C(=O)N1CCN(C(=O)c2cc3cccc(Br)c3[nH]2)CC1. The van der Waals surface area contributed by atoms with Crippen molar-refractivity contribution in [3.05, 3.63) is 34.4 Å². The molecule has 1 aliphatic heterocycles. The van der Waals surface area contributed by atoms with Crippen LogP contribution >= 0.6 is 15.9 Å². The molecule has 0 aliphatic carbocycles. The van der Waals surface area contributed by atoms with Gasteiger partial charge < -0.3 is 20.1 Å². The number of carbonyl (C=O) groups excluding carboxylic acids is 3. The second-order valence-electron chi connectivity index (χ2n) is 6.58. The molecule has 2 N–H and O–H groups in total. The lowest BCUT2D eigenvalue weighted by Gasteiger charge is -2.34. The minimum atomic E-state index is -0.566. The number of amides is 3. The molecule has 1 fully saturated rings. The van der Waals surface area contributed by atoms with E-state index in [4.69, 9.17) is 0 Å². The van der Waals surface area contributed by atoms with E-state index < -0.39 is 11.8 Å². The number of para-hydroxylation sites is 1. The minimum Gasteiger partial charge on any atom is -0.350 e. The molecule has 2 heterocycles. The van der Waals surface area contributed by atoms with Crippen LogP contribution in [0.4, 0.5) is 0 Å².